The number of halogens is 2. The monoisotopic (exact) mass is 421 g/mol. The summed E-state index contributed by atoms with van der Waals surface area (Å²) < 4.78 is 19.2. The van der Waals surface area contributed by atoms with Gasteiger partial charge in [0.2, 0.25) is 5.95 Å². The quantitative estimate of drug-likeness (QED) is 0.777. The van der Waals surface area contributed by atoms with E-state index in [0.717, 1.165) is 19.4 Å². The fourth-order valence-electron chi connectivity index (χ4n) is 3.20. The Morgan fingerprint density at radius 3 is 2.79 bits per heavy atom. The summed E-state index contributed by atoms with van der Waals surface area (Å²) in [5.74, 6) is 0.191. The van der Waals surface area contributed by atoms with Crippen molar-refractivity contribution in [3.05, 3.63) is 35.1 Å². The van der Waals surface area contributed by atoms with Crippen LogP contribution < -0.4 is 16.0 Å². The molecule has 7 nitrogen and oxygen atoms in total. The van der Waals surface area contributed by atoms with Gasteiger partial charge >= 0.3 is 6.09 Å². The van der Waals surface area contributed by atoms with Crippen LogP contribution in [-0.4, -0.2) is 40.8 Å². The third-order valence-corrected chi connectivity index (χ3v) is 4.72. The smallest absolute Gasteiger partial charge is 0.407 e. The summed E-state index contributed by atoms with van der Waals surface area (Å²) in [5.41, 5.74) is 6.41. The van der Waals surface area contributed by atoms with Gasteiger partial charge in [0.15, 0.2) is 0 Å². The molecule has 1 aromatic carbocycles. The fourth-order valence-corrected chi connectivity index (χ4v) is 3.31. The normalized spacial score (nSPS) is 17.1. The number of carbonyl (C=O) groups excluding carboxylic acids is 1. The van der Waals surface area contributed by atoms with Gasteiger partial charge in [-0.15, -0.1) is 0 Å². The Labute approximate surface area is 174 Å². The van der Waals surface area contributed by atoms with E-state index in [4.69, 9.17) is 22.1 Å². The van der Waals surface area contributed by atoms with Gasteiger partial charge in [0, 0.05) is 30.8 Å². The molecule has 0 radical (unpaired) electrons. The van der Waals surface area contributed by atoms with Crippen molar-refractivity contribution in [3.8, 4) is 11.3 Å². The first kappa shape index (κ1) is 21.1. The molecule has 1 unspecified atom stereocenters. The van der Waals surface area contributed by atoms with E-state index < -0.39 is 17.5 Å². The highest BCUT2D eigenvalue weighted by atomic mass is 35.5. The molecule has 1 saturated heterocycles. The van der Waals surface area contributed by atoms with Gasteiger partial charge in [-0.05, 0) is 45.7 Å². The number of piperidine rings is 1. The predicted molar refractivity (Wildman–Crippen MR) is 111 cm³/mol. The molecular weight excluding hydrogens is 397 g/mol. The number of benzene rings is 1. The van der Waals surface area contributed by atoms with Gasteiger partial charge in [0.05, 0.1) is 10.7 Å². The number of nitrogens with zero attached hydrogens (tertiary/aromatic N) is 3. The molecule has 1 atom stereocenters. The molecule has 0 bridgehead atoms. The third kappa shape index (κ3) is 5.69. The topological polar surface area (TPSA) is 93.4 Å². The summed E-state index contributed by atoms with van der Waals surface area (Å²) >= 11 is 5.76. The summed E-state index contributed by atoms with van der Waals surface area (Å²) in [7, 11) is 0. The van der Waals surface area contributed by atoms with E-state index in [1.165, 1.54) is 12.1 Å². The molecule has 9 heteroatoms. The Balaban J connectivity index is 1.76. The van der Waals surface area contributed by atoms with E-state index in [0.29, 0.717) is 23.6 Å². The minimum absolute atomic E-state index is 0.0445. The molecule has 1 amide bonds. The number of rotatable bonds is 3. The average molecular weight is 422 g/mol. The Bertz CT molecular complexity index is 903. The van der Waals surface area contributed by atoms with Crippen LogP contribution in [0.25, 0.3) is 11.3 Å². The van der Waals surface area contributed by atoms with Gasteiger partial charge in [-0.1, -0.05) is 17.7 Å². The minimum Gasteiger partial charge on any atom is -0.444 e. The average Bonchev–Trinajstić information content (AvgIpc) is 2.62. The highest BCUT2D eigenvalue weighted by Crippen LogP contribution is 2.27. The van der Waals surface area contributed by atoms with E-state index in [1.807, 2.05) is 25.7 Å². The molecule has 1 aliphatic rings. The van der Waals surface area contributed by atoms with Crippen molar-refractivity contribution in [1.29, 1.82) is 0 Å². The van der Waals surface area contributed by atoms with Crippen LogP contribution in [0.5, 0.6) is 0 Å². The molecule has 3 N–H and O–H groups in total. The van der Waals surface area contributed by atoms with Gasteiger partial charge < -0.3 is 20.7 Å². The number of aromatic nitrogens is 2. The number of nitrogens with two attached hydrogens (primary N) is 1. The van der Waals surface area contributed by atoms with Gasteiger partial charge in [-0.3, -0.25) is 0 Å². The van der Waals surface area contributed by atoms with Crippen molar-refractivity contribution < 1.29 is 13.9 Å². The molecule has 1 fully saturated rings. The Morgan fingerprint density at radius 1 is 1.34 bits per heavy atom. The molecule has 0 spiro atoms. The zero-order valence-electron chi connectivity index (χ0n) is 16.7. The van der Waals surface area contributed by atoms with Crippen molar-refractivity contribution >= 4 is 29.5 Å². The van der Waals surface area contributed by atoms with E-state index in [1.54, 1.807) is 12.1 Å². The van der Waals surface area contributed by atoms with E-state index >= 15 is 0 Å². The third-order valence-electron chi connectivity index (χ3n) is 4.41. The Morgan fingerprint density at radius 2 is 2.10 bits per heavy atom. The summed E-state index contributed by atoms with van der Waals surface area (Å²) in [6.45, 7) is 6.79. The first-order valence-corrected chi connectivity index (χ1v) is 9.83. The summed E-state index contributed by atoms with van der Waals surface area (Å²) in [6.07, 6.45) is 1.27. The highest BCUT2D eigenvalue weighted by molar-refractivity contribution is 6.30. The Kier molecular flexibility index (Phi) is 6.12. The minimum atomic E-state index is -0.553. The van der Waals surface area contributed by atoms with Crippen molar-refractivity contribution in [1.82, 2.24) is 15.3 Å². The van der Waals surface area contributed by atoms with Gasteiger partial charge in [0.1, 0.15) is 17.2 Å². The van der Waals surface area contributed by atoms with Crippen LogP contribution in [0.2, 0.25) is 5.02 Å². The molecule has 2 heterocycles. The molecular formula is C20H25ClFN5O2. The van der Waals surface area contributed by atoms with E-state index in [-0.39, 0.29) is 17.0 Å². The SMILES string of the molecule is CC(C)(C)OC(=O)NC1CCCN(c2cc(-c3ccc(Cl)c(F)c3)nc(N)n2)C1. The second kappa shape index (κ2) is 8.41. The van der Waals surface area contributed by atoms with Crippen molar-refractivity contribution in [2.45, 2.75) is 45.3 Å². The van der Waals surface area contributed by atoms with E-state index in [9.17, 15) is 9.18 Å². The number of amides is 1. The lowest BCUT2D eigenvalue weighted by molar-refractivity contribution is 0.0500. The van der Waals surface area contributed by atoms with Crippen LogP contribution in [0.4, 0.5) is 21.0 Å². The Hall–Kier alpha value is -2.61. The maximum Gasteiger partial charge on any atom is 0.407 e. The number of alkyl carbamates (subject to hydrolysis) is 1. The number of anilines is 2. The molecule has 29 heavy (non-hydrogen) atoms. The maximum atomic E-state index is 13.8. The molecule has 1 aromatic heterocycles. The van der Waals surface area contributed by atoms with E-state index in [2.05, 4.69) is 15.3 Å². The standard InChI is InChI=1S/C20H25ClFN5O2/c1-20(2,3)29-19(28)24-13-5-4-8-27(11-13)17-10-16(25-18(23)26-17)12-6-7-14(21)15(22)9-12/h6-7,9-10,13H,4-5,8,11H2,1-3H3,(H,24,28)(H2,23,25,26). The molecule has 0 saturated carbocycles. The highest BCUT2D eigenvalue weighted by Gasteiger charge is 2.25. The molecule has 0 aliphatic carbocycles. The summed E-state index contributed by atoms with van der Waals surface area (Å²) in [4.78, 5) is 22.6. The zero-order chi connectivity index (χ0) is 21.2. The molecule has 2 aromatic rings. The lowest BCUT2D eigenvalue weighted by atomic mass is 10.1. The van der Waals surface area contributed by atoms with Gasteiger partial charge in [0.25, 0.3) is 0 Å². The van der Waals surface area contributed by atoms with Crippen molar-refractivity contribution in [2.75, 3.05) is 23.7 Å². The fraction of sp³-hybridized carbons (Fsp3) is 0.450. The van der Waals surface area contributed by atoms with Crippen LogP contribution in [0.15, 0.2) is 24.3 Å². The van der Waals surface area contributed by atoms with Crippen LogP contribution in [0.1, 0.15) is 33.6 Å². The van der Waals surface area contributed by atoms with Crippen LogP contribution >= 0.6 is 11.6 Å². The summed E-state index contributed by atoms with van der Waals surface area (Å²) in [5, 5.41) is 2.95. The number of ether oxygens (including phenoxy) is 1. The molecule has 1 aliphatic heterocycles. The summed E-state index contributed by atoms with van der Waals surface area (Å²) in [6, 6.07) is 6.16. The van der Waals surface area contributed by atoms with Crippen LogP contribution in [-0.2, 0) is 4.74 Å². The number of hydrogen-bond acceptors (Lipinski definition) is 6. The predicted octanol–water partition coefficient (Wildman–Crippen LogP) is 4.01. The lowest BCUT2D eigenvalue weighted by Gasteiger charge is -2.34. The van der Waals surface area contributed by atoms with Crippen LogP contribution in [0.3, 0.4) is 0 Å². The van der Waals surface area contributed by atoms with Crippen molar-refractivity contribution in [2.24, 2.45) is 0 Å². The number of hydrogen-bond donors (Lipinski definition) is 2. The number of carbonyl (C=O) groups is 1. The largest absolute Gasteiger partial charge is 0.444 e. The number of nitrogens with one attached hydrogen (secondary N) is 1. The lowest BCUT2D eigenvalue weighted by Crippen LogP contribution is -2.49. The first-order chi connectivity index (χ1) is 13.6. The first-order valence-electron chi connectivity index (χ1n) is 9.45. The van der Waals surface area contributed by atoms with Gasteiger partial charge in [-0.25, -0.2) is 14.2 Å². The van der Waals surface area contributed by atoms with Crippen molar-refractivity contribution in [3.63, 3.8) is 0 Å². The molecule has 156 valence electrons. The number of nitrogen functional groups attached to an aromatic ring is 1. The second-order valence-electron chi connectivity index (χ2n) is 8.03. The maximum absolute atomic E-state index is 13.8. The zero-order valence-corrected chi connectivity index (χ0v) is 17.5. The molecule has 3 rings (SSSR count). The second-order valence-corrected chi connectivity index (χ2v) is 8.44. The van der Waals surface area contributed by atoms with Crippen LogP contribution in [0, 0.1) is 5.82 Å². The van der Waals surface area contributed by atoms with Gasteiger partial charge in [-0.2, -0.15) is 4.98 Å².